The summed E-state index contributed by atoms with van der Waals surface area (Å²) in [7, 11) is 0. The molecular formula is C11H18N2O. The molecule has 0 saturated heterocycles. The summed E-state index contributed by atoms with van der Waals surface area (Å²) < 4.78 is 1.97. The van der Waals surface area contributed by atoms with E-state index in [1.54, 1.807) is 6.92 Å². The van der Waals surface area contributed by atoms with Crippen LogP contribution in [0.1, 0.15) is 45.3 Å². The molecule has 0 aliphatic carbocycles. The summed E-state index contributed by atoms with van der Waals surface area (Å²) in [5.41, 5.74) is 1.01. The SMILES string of the molecule is CCC(C)n1ccc(CCC(C)=O)n1. The second-order valence-electron chi connectivity index (χ2n) is 3.75. The zero-order valence-electron chi connectivity index (χ0n) is 9.16. The summed E-state index contributed by atoms with van der Waals surface area (Å²) in [4.78, 5) is 10.8. The summed E-state index contributed by atoms with van der Waals surface area (Å²) >= 11 is 0. The second-order valence-corrected chi connectivity index (χ2v) is 3.75. The van der Waals surface area contributed by atoms with Gasteiger partial charge in [0.15, 0.2) is 0 Å². The number of ketones is 1. The fourth-order valence-electron chi connectivity index (χ4n) is 1.25. The van der Waals surface area contributed by atoms with E-state index in [0.29, 0.717) is 12.5 Å². The van der Waals surface area contributed by atoms with Crippen LogP contribution >= 0.6 is 0 Å². The highest BCUT2D eigenvalue weighted by Gasteiger charge is 2.04. The minimum absolute atomic E-state index is 0.225. The first-order valence-electron chi connectivity index (χ1n) is 5.17. The van der Waals surface area contributed by atoms with Crippen LogP contribution in [0.2, 0.25) is 0 Å². The molecule has 0 N–H and O–H groups in total. The van der Waals surface area contributed by atoms with Gasteiger partial charge in [0.2, 0.25) is 0 Å². The normalized spacial score (nSPS) is 12.8. The van der Waals surface area contributed by atoms with Crippen LogP contribution in [-0.4, -0.2) is 15.6 Å². The first-order valence-corrected chi connectivity index (χ1v) is 5.17. The molecule has 0 amide bonds. The second kappa shape index (κ2) is 4.94. The quantitative estimate of drug-likeness (QED) is 0.721. The Hall–Kier alpha value is -1.12. The van der Waals surface area contributed by atoms with Gasteiger partial charge in [0.05, 0.1) is 5.69 Å². The van der Waals surface area contributed by atoms with Crippen LogP contribution in [0.15, 0.2) is 12.3 Å². The van der Waals surface area contributed by atoms with E-state index in [2.05, 4.69) is 18.9 Å². The van der Waals surface area contributed by atoms with E-state index < -0.39 is 0 Å². The van der Waals surface area contributed by atoms with Crippen molar-refractivity contribution in [1.29, 1.82) is 0 Å². The summed E-state index contributed by atoms with van der Waals surface area (Å²) in [5, 5.41) is 4.42. The summed E-state index contributed by atoms with van der Waals surface area (Å²) in [6, 6.07) is 2.44. The molecule has 0 saturated carbocycles. The molecular weight excluding hydrogens is 176 g/mol. The minimum atomic E-state index is 0.225. The lowest BCUT2D eigenvalue weighted by molar-refractivity contribution is -0.116. The molecule has 0 fully saturated rings. The van der Waals surface area contributed by atoms with Gasteiger partial charge in [-0.05, 0) is 32.8 Å². The van der Waals surface area contributed by atoms with Crippen molar-refractivity contribution in [3.63, 3.8) is 0 Å². The van der Waals surface area contributed by atoms with E-state index in [-0.39, 0.29) is 5.78 Å². The van der Waals surface area contributed by atoms with Crippen molar-refractivity contribution in [3.05, 3.63) is 18.0 Å². The van der Waals surface area contributed by atoms with Gasteiger partial charge in [-0.15, -0.1) is 0 Å². The van der Waals surface area contributed by atoms with E-state index in [0.717, 1.165) is 18.5 Å². The maximum atomic E-state index is 10.8. The molecule has 0 aliphatic heterocycles. The molecule has 0 radical (unpaired) electrons. The molecule has 1 aromatic rings. The molecule has 14 heavy (non-hydrogen) atoms. The van der Waals surface area contributed by atoms with Crippen LogP contribution in [0.5, 0.6) is 0 Å². The van der Waals surface area contributed by atoms with Crippen molar-refractivity contribution >= 4 is 5.78 Å². The van der Waals surface area contributed by atoms with E-state index in [4.69, 9.17) is 0 Å². The lowest BCUT2D eigenvalue weighted by atomic mass is 10.2. The maximum Gasteiger partial charge on any atom is 0.130 e. The van der Waals surface area contributed by atoms with Gasteiger partial charge in [0.1, 0.15) is 5.78 Å². The monoisotopic (exact) mass is 194 g/mol. The third kappa shape index (κ3) is 2.98. The topological polar surface area (TPSA) is 34.9 Å². The van der Waals surface area contributed by atoms with Crippen molar-refractivity contribution in [2.75, 3.05) is 0 Å². The van der Waals surface area contributed by atoms with Crippen LogP contribution < -0.4 is 0 Å². The Labute approximate surface area is 85.1 Å². The van der Waals surface area contributed by atoms with Crippen LogP contribution in [0.25, 0.3) is 0 Å². The molecule has 0 aliphatic rings. The summed E-state index contributed by atoms with van der Waals surface area (Å²) in [5.74, 6) is 0.225. The van der Waals surface area contributed by atoms with Gasteiger partial charge in [-0.25, -0.2) is 0 Å². The third-order valence-corrected chi connectivity index (χ3v) is 2.44. The third-order valence-electron chi connectivity index (χ3n) is 2.44. The number of hydrogen-bond acceptors (Lipinski definition) is 2. The molecule has 0 bridgehead atoms. The molecule has 1 aromatic heterocycles. The summed E-state index contributed by atoms with van der Waals surface area (Å²) in [6.45, 7) is 5.90. The van der Waals surface area contributed by atoms with Crippen molar-refractivity contribution in [3.8, 4) is 0 Å². The zero-order valence-corrected chi connectivity index (χ0v) is 9.16. The molecule has 0 aromatic carbocycles. The highest BCUT2D eigenvalue weighted by Crippen LogP contribution is 2.10. The standard InChI is InChI=1S/C11H18N2O/c1-4-9(2)13-8-7-11(12-13)6-5-10(3)14/h7-9H,4-6H2,1-3H3. The van der Waals surface area contributed by atoms with Crippen molar-refractivity contribution < 1.29 is 4.79 Å². The Kier molecular flexibility index (Phi) is 3.86. The molecule has 78 valence electrons. The van der Waals surface area contributed by atoms with E-state index in [1.807, 2.05) is 16.9 Å². The molecule has 3 nitrogen and oxygen atoms in total. The van der Waals surface area contributed by atoms with Crippen molar-refractivity contribution in [1.82, 2.24) is 9.78 Å². The van der Waals surface area contributed by atoms with Gasteiger partial charge in [0.25, 0.3) is 0 Å². The fourth-order valence-corrected chi connectivity index (χ4v) is 1.25. The number of aryl methyl sites for hydroxylation is 1. The highest BCUT2D eigenvalue weighted by molar-refractivity contribution is 5.75. The van der Waals surface area contributed by atoms with Crippen LogP contribution in [0, 0.1) is 0 Å². The van der Waals surface area contributed by atoms with Gasteiger partial charge in [-0.3, -0.25) is 4.68 Å². The maximum absolute atomic E-state index is 10.8. The van der Waals surface area contributed by atoms with Gasteiger partial charge >= 0.3 is 0 Å². The molecule has 1 rings (SSSR count). The number of carbonyl (C=O) groups is 1. The average Bonchev–Trinajstić information content (AvgIpc) is 2.62. The van der Waals surface area contributed by atoms with Crippen molar-refractivity contribution in [2.24, 2.45) is 0 Å². The first-order chi connectivity index (χ1) is 6.63. The Morgan fingerprint density at radius 3 is 2.93 bits per heavy atom. The Morgan fingerprint density at radius 1 is 1.64 bits per heavy atom. The predicted octanol–water partition coefficient (Wildman–Crippen LogP) is 2.38. The predicted molar refractivity (Wildman–Crippen MR) is 56.2 cm³/mol. The number of aromatic nitrogens is 2. The fraction of sp³-hybridized carbons (Fsp3) is 0.636. The van der Waals surface area contributed by atoms with Crippen LogP contribution in [0.3, 0.4) is 0 Å². The lowest BCUT2D eigenvalue weighted by Gasteiger charge is -2.07. The van der Waals surface area contributed by atoms with Crippen LogP contribution in [0.4, 0.5) is 0 Å². The van der Waals surface area contributed by atoms with Gasteiger partial charge in [-0.1, -0.05) is 6.92 Å². The largest absolute Gasteiger partial charge is 0.300 e. The number of Topliss-reactive ketones (excluding diaryl/α,β-unsaturated/α-hetero) is 1. The molecule has 1 unspecified atom stereocenters. The summed E-state index contributed by atoms with van der Waals surface area (Å²) in [6.07, 6.45) is 4.42. The highest BCUT2D eigenvalue weighted by atomic mass is 16.1. The van der Waals surface area contributed by atoms with Crippen LogP contribution in [-0.2, 0) is 11.2 Å². The van der Waals surface area contributed by atoms with Gasteiger partial charge in [-0.2, -0.15) is 5.10 Å². The van der Waals surface area contributed by atoms with Gasteiger partial charge in [0, 0.05) is 18.7 Å². The Morgan fingerprint density at radius 2 is 2.36 bits per heavy atom. The average molecular weight is 194 g/mol. The number of rotatable bonds is 5. The minimum Gasteiger partial charge on any atom is -0.300 e. The zero-order chi connectivity index (χ0) is 10.6. The van der Waals surface area contributed by atoms with E-state index >= 15 is 0 Å². The Balaban J connectivity index is 2.54. The lowest BCUT2D eigenvalue weighted by Crippen LogP contribution is -2.05. The van der Waals surface area contributed by atoms with Crippen molar-refractivity contribution in [2.45, 2.75) is 46.1 Å². The molecule has 3 heteroatoms. The number of nitrogens with zero attached hydrogens (tertiary/aromatic N) is 2. The molecule has 0 spiro atoms. The number of carbonyl (C=O) groups excluding carboxylic acids is 1. The smallest absolute Gasteiger partial charge is 0.130 e. The first kappa shape index (κ1) is 11.0. The van der Waals surface area contributed by atoms with Gasteiger partial charge < -0.3 is 4.79 Å². The van der Waals surface area contributed by atoms with E-state index in [9.17, 15) is 4.79 Å². The Bertz CT molecular complexity index is 304. The number of hydrogen-bond donors (Lipinski definition) is 0. The van der Waals surface area contributed by atoms with E-state index in [1.165, 1.54) is 0 Å². The molecule has 1 atom stereocenters. The molecule has 1 heterocycles.